The Bertz CT molecular complexity index is 1340. The molecule has 0 aliphatic rings. The number of hydrogen-bond donors (Lipinski definition) is 3. The van der Waals surface area contributed by atoms with E-state index in [0.29, 0.717) is 19.4 Å². The number of aliphatic hydroxyl groups excluding tert-OH is 2. The van der Waals surface area contributed by atoms with Gasteiger partial charge >= 0.3 is 5.97 Å². The fourth-order valence-electron chi connectivity index (χ4n) is 13.3. The Kier molecular flexibility index (Phi) is 76.8. The van der Waals surface area contributed by atoms with Crippen molar-refractivity contribution in [3.8, 4) is 0 Å². The van der Waals surface area contributed by atoms with E-state index in [-0.39, 0.29) is 18.5 Å². The van der Waals surface area contributed by atoms with Gasteiger partial charge in [-0.3, -0.25) is 9.59 Å². The van der Waals surface area contributed by atoms with Crippen LogP contribution in [0.1, 0.15) is 476 Å². The van der Waals surface area contributed by atoms with Gasteiger partial charge in [0.05, 0.1) is 25.4 Å². The highest BCUT2D eigenvalue weighted by atomic mass is 16.5. The summed E-state index contributed by atoms with van der Waals surface area (Å²) in [6.45, 7) is 4.96. The fourth-order valence-corrected chi connectivity index (χ4v) is 13.3. The summed E-state index contributed by atoms with van der Waals surface area (Å²) in [4.78, 5) is 24.6. The molecule has 0 heterocycles. The average molecular weight is 1240 g/mol. The number of nitrogens with one attached hydrogen (secondary N) is 1. The van der Waals surface area contributed by atoms with Crippen molar-refractivity contribution in [2.24, 2.45) is 0 Å². The second kappa shape index (κ2) is 78.0. The molecule has 0 rings (SSSR count). The van der Waals surface area contributed by atoms with Crippen LogP contribution in [0.5, 0.6) is 0 Å². The van der Waals surface area contributed by atoms with Gasteiger partial charge in [-0.2, -0.15) is 0 Å². The molecule has 0 fully saturated rings. The lowest BCUT2D eigenvalue weighted by Gasteiger charge is -2.20. The van der Waals surface area contributed by atoms with Crippen LogP contribution < -0.4 is 5.32 Å². The van der Waals surface area contributed by atoms with Crippen molar-refractivity contribution in [1.29, 1.82) is 0 Å². The first-order valence-electron chi connectivity index (χ1n) is 41.0. The summed E-state index contributed by atoms with van der Waals surface area (Å²) in [6, 6.07) is -0.625. The standard InChI is InChI=1S/C82H161NO5/c1-3-5-7-9-11-13-15-16-17-18-19-20-21-33-36-39-42-45-48-51-55-58-62-66-70-74-80(85)79(78-84)83-81(86)75-71-67-63-59-56-52-49-46-43-40-37-34-31-29-27-25-23-22-24-26-28-30-32-35-38-41-44-47-50-53-57-61-65-69-73-77-88-82(87)76-72-68-64-60-54-14-12-10-8-6-4-2/h70,74,79-80,84-85H,3-69,71-73,75-78H2,1-2H3,(H,83,86)/b74-70+. The Morgan fingerprint density at radius 3 is 0.773 bits per heavy atom. The summed E-state index contributed by atoms with van der Waals surface area (Å²) < 4.78 is 5.48. The van der Waals surface area contributed by atoms with Crippen molar-refractivity contribution in [3.63, 3.8) is 0 Å². The summed E-state index contributed by atoms with van der Waals surface area (Å²) in [5, 5.41) is 23.3. The molecule has 6 nitrogen and oxygen atoms in total. The van der Waals surface area contributed by atoms with Crippen molar-refractivity contribution < 1.29 is 24.5 Å². The zero-order valence-electron chi connectivity index (χ0n) is 60.3. The largest absolute Gasteiger partial charge is 0.466 e. The van der Waals surface area contributed by atoms with E-state index in [1.807, 2.05) is 6.08 Å². The number of aliphatic hydroxyl groups is 2. The highest BCUT2D eigenvalue weighted by molar-refractivity contribution is 5.76. The Labute approximate surface area is 552 Å². The Morgan fingerprint density at radius 2 is 0.523 bits per heavy atom. The van der Waals surface area contributed by atoms with Crippen LogP contribution >= 0.6 is 0 Å². The molecule has 2 unspecified atom stereocenters. The van der Waals surface area contributed by atoms with E-state index in [0.717, 1.165) is 38.5 Å². The molecule has 0 aromatic rings. The molecule has 0 aromatic carbocycles. The van der Waals surface area contributed by atoms with Crippen LogP contribution in [-0.4, -0.2) is 47.4 Å². The number of amides is 1. The minimum absolute atomic E-state index is 0.0232. The van der Waals surface area contributed by atoms with Gasteiger partial charge in [0.25, 0.3) is 0 Å². The zero-order chi connectivity index (χ0) is 63.5. The van der Waals surface area contributed by atoms with Crippen LogP contribution in [0.2, 0.25) is 0 Å². The lowest BCUT2D eigenvalue weighted by Crippen LogP contribution is -2.45. The Balaban J connectivity index is 3.34. The maximum Gasteiger partial charge on any atom is 0.305 e. The number of esters is 1. The first-order chi connectivity index (χ1) is 43.5. The van der Waals surface area contributed by atoms with Gasteiger partial charge in [0.15, 0.2) is 0 Å². The second-order valence-corrected chi connectivity index (χ2v) is 28.5. The highest BCUT2D eigenvalue weighted by Gasteiger charge is 2.18. The molecule has 0 bridgehead atoms. The highest BCUT2D eigenvalue weighted by Crippen LogP contribution is 2.21. The molecule has 524 valence electrons. The van der Waals surface area contributed by atoms with Gasteiger partial charge in [-0.1, -0.05) is 443 Å². The van der Waals surface area contributed by atoms with E-state index in [9.17, 15) is 19.8 Å². The van der Waals surface area contributed by atoms with Gasteiger partial charge in [-0.15, -0.1) is 0 Å². The topological polar surface area (TPSA) is 95.9 Å². The van der Waals surface area contributed by atoms with E-state index in [4.69, 9.17) is 4.74 Å². The average Bonchev–Trinajstić information content (AvgIpc) is 3.55. The van der Waals surface area contributed by atoms with Gasteiger partial charge in [0, 0.05) is 12.8 Å². The number of rotatable bonds is 78. The molecule has 3 N–H and O–H groups in total. The molecule has 0 aliphatic heterocycles. The zero-order valence-corrected chi connectivity index (χ0v) is 60.3. The van der Waals surface area contributed by atoms with Crippen molar-refractivity contribution in [2.75, 3.05) is 13.2 Å². The van der Waals surface area contributed by atoms with Gasteiger partial charge in [0.2, 0.25) is 5.91 Å². The third kappa shape index (κ3) is 73.6. The molecule has 1 amide bonds. The number of hydrogen-bond acceptors (Lipinski definition) is 5. The maximum atomic E-state index is 12.6. The Hall–Kier alpha value is -1.40. The smallest absolute Gasteiger partial charge is 0.305 e. The van der Waals surface area contributed by atoms with Crippen molar-refractivity contribution in [2.45, 2.75) is 488 Å². The van der Waals surface area contributed by atoms with Crippen molar-refractivity contribution in [3.05, 3.63) is 12.2 Å². The van der Waals surface area contributed by atoms with Crippen molar-refractivity contribution in [1.82, 2.24) is 5.32 Å². The van der Waals surface area contributed by atoms with E-state index < -0.39 is 12.1 Å². The van der Waals surface area contributed by atoms with Gasteiger partial charge in [0.1, 0.15) is 0 Å². The lowest BCUT2D eigenvalue weighted by molar-refractivity contribution is -0.143. The minimum atomic E-state index is -0.842. The molecule has 0 radical (unpaired) electrons. The molecule has 0 saturated carbocycles. The third-order valence-electron chi connectivity index (χ3n) is 19.6. The molecule has 0 saturated heterocycles. The van der Waals surface area contributed by atoms with Crippen LogP contribution in [0.3, 0.4) is 0 Å². The summed E-state index contributed by atoms with van der Waals surface area (Å²) in [5.74, 6) is -0.0334. The number of carbonyl (C=O) groups is 2. The summed E-state index contributed by atoms with van der Waals surface area (Å²) in [7, 11) is 0. The minimum Gasteiger partial charge on any atom is -0.466 e. The molecule has 0 aromatic heterocycles. The fraction of sp³-hybridized carbons (Fsp3) is 0.951. The maximum absolute atomic E-state index is 12.6. The predicted octanol–water partition coefficient (Wildman–Crippen LogP) is 27.1. The van der Waals surface area contributed by atoms with Crippen LogP contribution in [0.25, 0.3) is 0 Å². The monoisotopic (exact) mass is 1240 g/mol. The van der Waals surface area contributed by atoms with Gasteiger partial charge in [-0.25, -0.2) is 0 Å². The van der Waals surface area contributed by atoms with Gasteiger partial charge in [-0.05, 0) is 32.1 Å². The molecule has 6 heteroatoms. The molecule has 0 spiro atoms. The van der Waals surface area contributed by atoms with E-state index >= 15 is 0 Å². The van der Waals surface area contributed by atoms with Gasteiger partial charge < -0.3 is 20.3 Å². The summed E-state index contributed by atoms with van der Waals surface area (Å²) >= 11 is 0. The normalized spacial score (nSPS) is 12.5. The van der Waals surface area contributed by atoms with E-state index in [1.54, 1.807) is 6.08 Å². The molecule has 0 aliphatic carbocycles. The molecular weight excluding hydrogens is 1080 g/mol. The number of allylic oxidation sites excluding steroid dienone is 1. The van der Waals surface area contributed by atoms with Crippen molar-refractivity contribution >= 4 is 11.9 Å². The van der Waals surface area contributed by atoms with E-state index in [2.05, 4.69) is 19.2 Å². The summed E-state index contributed by atoms with van der Waals surface area (Å²) in [6.07, 6.45) is 99.3. The van der Waals surface area contributed by atoms with Crippen LogP contribution in [0.4, 0.5) is 0 Å². The quantitative estimate of drug-likeness (QED) is 0.0320. The predicted molar refractivity (Wildman–Crippen MR) is 389 cm³/mol. The molecular formula is C82H161NO5. The van der Waals surface area contributed by atoms with E-state index in [1.165, 1.54) is 411 Å². The molecule has 2 atom stereocenters. The third-order valence-corrected chi connectivity index (χ3v) is 19.6. The van der Waals surface area contributed by atoms with Crippen LogP contribution in [0.15, 0.2) is 12.2 Å². The number of carbonyl (C=O) groups excluding carboxylic acids is 2. The molecule has 88 heavy (non-hydrogen) atoms. The van der Waals surface area contributed by atoms with Crippen LogP contribution in [0, 0.1) is 0 Å². The number of ether oxygens (including phenoxy) is 1. The SMILES string of the molecule is CCCCCCCCCCCCCCCCCCCCCCCCC/C=C/C(O)C(CO)NC(=O)CCCCCCCCCCCCCCCCCCCCCCCCCCCCCCCCCCCCCOC(=O)CCCCCCCCCCCCC. The lowest BCUT2D eigenvalue weighted by atomic mass is 10.0. The summed E-state index contributed by atoms with van der Waals surface area (Å²) in [5.41, 5.74) is 0. The second-order valence-electron chi connectivity index (χ2n) is 28.5. The van der Waals surface area contributed by atoms with Crippen LogP contribution in [-0.2, 0) is 14.3 Å². The number of unbranched alkanes of at least 4 members (excludes halogenated alkanes) is 67. The first kappa shape index (κ1) is 86.6. The first-order valence-corrected chi connectivity index (χ1v) is 41.0. The Morgan fingerprint density at radius 1 is 0.307 bits per heavy atom.